The minimum absolute atomic E-state index is 0.0795. The summed E-state index contributed by atoms with van der Waals surface area (Å²) < 4.78 is 17.6. The predicted molar refractivity (Wildman–Crippen MR) is 258 cm³/mol. The second-order valence-corrected chi connectivity index (χ2v) is 20.0. The molecule has 4 rings (SSSR count). The molecular weight excluding hydrogens is 941 g/mol. The first kappa shape index (κ1) is 59.7. The third-order valence-corrected chi connectivity index (χ3v) is 14.6. The van der Waals surface area contributed by atoms with E-state index < -0.39 is 132 Å². The van der Waals surface area contributed by atoms with Crippen molar-refractivity contribution in [2.75, 3.05) is 33.9 Å². The van der Waals surface area contributed by atoms with Crippen LogP contribution >= 0.6 is 0 Å². The fourth-order valence-electron chi connectivity index (χ4n) is 9.68. The highest BCUT2D eigenvalue weighted by atomic mass is 16.7. The molecule has 72 heavy (non-hydrogen) atoms. The molecule has 6 amide bonds. The number of amides is 6. The van der Waals surface area contributed by atoms with E-state index in [9.17, 15) is 54.1 Å². The molecule has 0 aliphatic carbocycles. The minimum Gasteiger partial charge on any atom is -0.458 e. The predicted octanol–water partition coefficient (Wildman–Crippen LogP) is 0.142. The first-order chi connectivity index (χ1) is 33.8. The smallest absolute Gasteiger partial charge is 0.331 e. The Morgan fingerprint density at radius 1 is 0.944 bits per heavy atom. The Kier molecular flexibility index (Phi) is 21.0. The first-order valence-electron chi connectivity index (χ1n) is 25.2. The van der Waals surface area contributed by atoms with Crippen molar-refractivity contribution in [2.24, 2.45) is 17.8 Å². The Balaban J connectivity index is 1.88. The number of nitrogens with zero attached hydrogens (tertiary/aromatic N) is 4. The van der Waals surface area contributed by atoms with Gasteiger partial charge in [-0.25, -0.2) is 20.7 Å². The second kappa shape index (κ2) is 25.4. The van der Waals surface area contributed by atoms with E-state index in [0.29, 0.717) is 24.0 Å². The summed E-state index contributed by atoms with van der Waals surface area (Å²) in [6, 6.07) is -9.80. The fraction of sp³-hybridized carbons (Fsp3) is 0.755. The van der Waals surface area contributed by atoms with Crippen LogP contribution in [0.25, 0.3) is 0 Å². The number of methoxy groups -OCH3 is 1. The maximum Gasteiger partial charge on any atom is 0.331 e. The van der Waals surface area contributed by atoms with Crippen LogP contribution < -0.4 is 21.5 Å². The first-order valence-corrected chi connectivity index (χ1v) is 25.2. The molecule has 0 saturated carbocycles. The van der Waals surface area contributed by atoms with E-state index in [-0.39, 0.29) is 62.0 Å². The maximum atomic E-state index is 15.3. The molecule has 8 N–H and O–H groups in total. The lowest BCUT2D eigenvalue weighted by Crippen LogP contribution is -2.71. The number of hydrazine groups is 2. The summed E-state index contributed by atoms with van der Waals surface area (Å²) in [5, 5.41) is 54.5. The third kappa shape index (κ3) is 12.7. The van der Waals surface area contributed by atoms with E-state index in [1.54, 1.807) is 32.9 Å². The van der Waals surface area contributed by atoms with Gasteiger partial charge in [-0.3, -0.25) is 48.8 Å². The molecule has 23 heteroatoms. The number of likely N-dealkylation sites (N-methyl/N-ethyl adjacent to an activating group) is 1. The van der Waals surface area contributed by atoms with Crippen LogP contribution in [0.2, 0.25) is 0 Å². The molecule has 4 fully saturated rings. The topological polar surface area (TPSA) is 306 Å². The van der Waals surface area contributed by atoms with Gasteiger partial charge in [0.25, 0.3) is 29.5 Å². The zero-order valence-electron chi connectivity index (χ0n) is 43.9. The van der Waals surface area contributed by atoms with Crippen molar-refractivity contribution in [3.8, 4) is 0 Å². The molecule has 4 aliphatic rings. The standard InChI is InChI=1S/C49H80N8O15/c1-13-27(6)38(59)32(14-2)24-29(8)40-28(7)20-21-49(68,72-40)48(67,15-3)47(66)53-37-39(26(4)5)71-46(65)36(31(10)58)52-41(60)33-18-16-22-50-55(33)42(61)30(9)54(11)43(62)35(25-70-12)57(69)44(63)34-19-17-23-51-56(34)45(37)64/h13,24,26,28,30-37,39-40,50-51,58,67-69H,14-23,25H2,1-12H3,(H,52,60)(H,53,66). The van der Waals surface area contributed by atoms with Crippen LogP contribution in [-0.2, 0) is 52.6 Å². The summed E-state index contributed by atoms with van der Waals surface area (Å²) in [7, 11) is 2.48. The number of hydroxylamine groups is 2. The van der Waals surface area contributed by atoms with Crippen LogP contribution in [0.3, 0.4) is 0 Å². The molecule has 0 aromatic rings. The molecule has 13 unspecified atom stereocenters. The number of carbonyl (C=O) groups excluding carboxylic acids is 8. The van der Waals surface area contributed by atoms with Crippen molar-refractivity contribution >= 4 is 47.2 Å². The molecule has 4 heterocycles. The van der Waals surface area contributed by atoms with Gasteiger partial charge in [-0.1, -0.05) is 46.8 Å². The monoisotopic (exact) mass is 1020 g/mol. The highest BCUT2D eigenvalue weighted by Crippen LogP contribution is 2.42. The van der Waals surface area contributed by atoms with Gasteiger partial charge in [0.1, 0.15) is 30.3 Å². The number of cyclic esters (lactones) is 1. The van der Waals surface area contributed by atoms with Gasteiger partial charge in [0.2, 0.25) is 11.7 Å². The number of Topliss-reactive ketones (excluding diaryl/α,β-unsaturated/α-hetero) is 1. The lowest BCUT2D eigenvalue weighted by molar-refractivity contribution is -0.325. The average Bonchev–Trinajstić information content (AvgIpc) is 3.37. The van der Waals surface area contributed by atoms with Crippen molar-refractivity contribution in [3.63, 3.8) is 0 Å². The number of fused-ring (bicyclic) bond motifs is 2. The van der Waals surface area contributed by atoms with Crippen LogP contribution in [0.15, 0.2) is 23.3 Å². The van der Waals surface area contributed by atoms with Gasteiger partial charge >= 0.3 is 5.97 Å². The largest absolute Gasteiger partial charge is 0.458 e. The van der Waals surface area contributed by atoms with Crippen LogP contribution in [0.4, 0.5) is 0 Å². The summed E-state index contributed by atoms with van der Waals surface area (Å²) in [4.78, 5) is 116. The minimum atomic E-state index is -2.82. The summed E-state index contributed by atoms with van der Waals surface area (Å²) in [5.74, 6) is -11.9. The van der Waals surface area contributed by atoms with Gasteiger partial charge < -0.3 is 45.1 Å². The van der Waals surface area contributed by atoms with E-state index >= 15 is 4.79 Å². The van der Waals surface area contributed by atoms with E-state index in [2.05, 4.69) is 21.5 Å². The molecule has 23 nitrogen and oxygen atoms in total. The molecule has 0 aromatic carbocycles. The Hall–Kier alpha value is -4.88. The van der Waals surface area contributed by atoms with Crippen molar-refractivity contribution in [1.82, 2.24) is 41.5 Å². The zero-order valence-corrected chi connectivity index (χ0v) is 43.9. The zero-order chi connectivity index (χ0) is 54.2. The van der Waals surface area contributed by atoms with Crippen LogP contribution in [-0.4, -0.2) is 188 Å². The molecule has 0 bridgehead atoms. The Labute approximate surface area is 422 Å². The molecule has 406 valence electrons. The summed E-state index contributed by atoms with van der Waals surface area (Å²) >= 11 is 0. The number of allylic oxidation sites excluding steroid dienone is 3. The molecule has 4 aliphatic heterocycles. The maximum absolute atomic E-state index is 15.3. The number of rotatable bonds is 13. The van der Waals surface area contributed by atoms with Crippen LogP contribution in [0, 0.1) is 17.8 Å². The lowest BCUT2D eigenvalue weighted by atomic mass is 9.78. The average molecular weight is 1020 g/mol. The van der Waals surface area contributed by atoms with Crippen LogP contribution in [0.1, 0.15) is 121 Å². The number of ketones is 1. The van der Waals surface area contributed by atoms with Crippen LogP contribution in [0.5, 0.6) is 0 Å². The summed E-state index contributed by atoms with van der Waals surface area (Å²) in [5.41, 5.74) is 4.02. The van der Waals surface area contributed by atoms with Gasteiger partial charge in [-0.05, 0) is 103 Å². The Morgan fingerprint density at radius 2 is 1.54 bits per heavy atom. The number of ether oxygens (including phenoxy) is 3. The van der Waals surface area contributed by atoms with Crippen molar-refractivity contribution < 1.29 is 73.1 Å². The summed E-state index contributed by atoms with van der Waals surface area (Å²) in [6.07, 6.45) is -0.165. The number of aliphatic hydroxyl groups excluding tert-OH is 1. The van der Waals surface area contributed by atoms with Gasteiger partial charge in [0.05, 0.1) is 18.8 Å². The molecular formula is C49H80N8O15. The quantitative estimate of drug-likeness (QED) is 0.0527. The van der Waals surface area contributed by atoms with Crippen molar-refractivity contribution in [2.45, 2.75) is 187 Å². The van der Waals surface area contributed by atoms with E-state index in [1.807, 2.05) is 13.8 Å². The van der Waals surface area contributed by atoms with Gasteiger partial charge in [-0.2, -0.15) is 0 Å². The number of aliphatic hydroxyl groups is 3. The number of nitrogens with one attached hydrogen (secondary N) is 4. The Morgan fingerprint density at radius 3 is 2.08 bits per heavy atom. The third-order valence-electron chi connectivity index (χ3n) is 14.6. The normalized spacial score (nSPS) is 32.1. The van der Waals surface area contributed by atoms with Gasteiger partial charge in [-0.15, -0.1) is 0 Å². The van der Waals surface area contributed by atoms with E-state index in [1.165, 1.54) is 48.8 Å². The molecule has 0 spiro atoms. The SMILES string of the molecule is CC=C(C)C(=O)C(C=C(C)C1OC(O)(C(O)(CC)C(=O)NC2C(=O)N3NCCCC3C(=O)N(O)C(COC)C(=O)N(C)C(C)C(=O)N3NCCCC3C(=O)NC(C(C)O)C(=O)OC2C(C)C)CCC1C)CC. The van der Waals surface area contributed by atoms with E-state index in [0.717, 1.165) is 14.9 Å². The second-order valence-electron chi connectivity index (χ2n) is 20.0. The highest BCUT2D eigenvalue weighted by Gasteiger charge is 2.59. The van der Waals surface area contributed by atoms with Crippen molar-refractivity contribution in [1.29, 1.82) is 0 Å². The van der Waals surface area contributed by atoms with E-state index in [4.69, 9.17) is 14.2 Å². The number of hydrogen-bond acceptors (Lipinski definition) is 17. The van der Waals surface area contributed by atoms with Crippen molar-refractivity contribution in [3.05, 3.63) is 23.3 Å². The lowest BCUT2D eigenvalue weighted by Gasteiger charge is -2.49. The Bertz CT molecular complexity index is 2070. The fourth-order valence-corrected chi connectivity index (χ4v) is 9.68. The highest BCUT2D eigenvalue weighted by molar-refractivity contribution is 5.99. The number of hydrogen-bond donors (Lipinski definition) is 8. The molecule has 4 saturated heterocycles. The van der Waals surface area contributed by atoms with Gasteiger partial charge in [0.15, 0.2) is 23.5 Å². The van der Waals surface area contributed by atoms with Gasteiger partial charge in [0, 0.05) is 39.6 Å². The molecule has 13 atom stereocenters. The number of carbonyl (C=O) groups is 8. The molecule has 0 radical (unpaired) electrons. The molecule has 0 aromatic heterocycles. The summed E-state index contributed by atoms with van der Waals surface area (Å²) in [6.45, 7) is 15.7. The number of esters is 1.